The third kappa shape index (κ3) is 3.72. The molecule has 1 saturated heterocycles. The summed E-state index contributed by atoms with van der Waals surface area (Å²) in [6.07, 6.45) is 5.19. The summed E-state index contributed by atoms with van der Waals surface area (Å²) in [6.45, 7) is 5.04. The molecule has 0 spiro atoms. The standard InChI is InChI=1S/C24H25N5O/c1-17-13-20(9-11-25-17)22-7-8-24-26-14-23(29(24)27-22)19-5-3-18(4-6-19)15-28-12-10-21(16-28)30-2/h3-9,11,13-14,21H,10,12,15-16H2,1-2H3. The lowest BCUT2D eigenvalue weighted by molar-refractivity contribution is 0.107. The molecule has 1 unspecified atom stereocenters. The summed E-state index contributed by atoms with van der Waals surface area (Å²) in [7, 11) is 1.80. The Morgan fingerprint density at radius 1 is 1.03 bits per heavy atom. The van der Waals surface area contributed by atoms with Gasteiger partial charge in [0.15, 0.2) is 5.65 Å². The number of likely N-dealkylation sites (tertiary alicyclic amines) is 1. The zero-order valence-electron chi connectivity index (χ0n) is 17.3. The molecule has 0 saturated carbocycles. The third-order valence-corrected chi connectivity index (χ3v) is 5.77. The molecule has 1 aliphatic heterocycles. The number of hydrogen-bond donors (Lipinski definition) is 0. The van der Waals surface area contributed by atoms with Crippen LogP contribution in [-0.4, -0.2) is 50.8 Å². The van der Waals surface area contributed by atoms with Crippen LogP contribution in [0.4, 0.5) is 0 Å². The highest BCUT2D eigenvalue weighted by molar-refractivity contribution is 5.66. The van der Waals surface area contributed by atoms with Crippen molar-refractivity contribution < 1.29 is 4.74 Å². The van der Waals surface area contributed by atoms with Gasteiger partial charge in [0.25, 0.3) is 0 Å². The molecule has 6 heteroatoms. The van der Waals surface area contributed by atoms with Crippen LogP contribution < -0.4 is 0 Å². The van der Waals surface area contributed by atoms with Gasteiger partial charge in [-0.1, -0.05) is 24.3 Å². The Bertz CT molecular complexity index is 1170. The molecule has 4 aromatic rings. The number of imidazole rings is 1. The van der Waals surface area contributed by atoms with E-state index in [-0.39, 0.29) is 0 Å². The van der Waals surface area contributed by atoms with E-state index in [1.54, 1.807) is 7.11 Å². The second-order valence-electron chi connectivity index (χ2n) is 7.90. The van der Waals surface area contributed by atoms with Crippen molar-refractivity contribution in [3.05, 3.63) is 72.2 Å². The molecule has 1 aliphatic rings. The zero-order chi connectivity index (χ0) is 20.5. The van der Waals surface area contributed by atoms with Crippen LogP contribution in [0.3, 0.4) is 0 Å². The summed E-state index contributed by atoms with van der Waals surface area (Å²) >= 11 is 0. The van der Waals surface area contributed by atoms with Crippen molar-refractivity contribution in [1.29, 1.82) is 0 Å². The summed E-state index contributed by atoms with van der Waals surface area (Å²) in [5, 5.41) is 4.85. The van der Waals surface area contributed by atoms with Crippen LogP contribution >= 0.6 is 0 Å². The van der Waals surface area contributed by atoms with Crippen molar-refractivity contribution in [2.24, 2.45) is 0 Å². The first kappa shape index (κ1) is 18.9. The number of nitrogens with zero attached hydrogens (tertiary/aromatic N) is 5. The van der Waals surface area contributed by atoms with E-state index in [2.05, 4.69) is 39.1 Å². The molecule has 3 aromatic heterocycles. The number of benzene rings is 1. The predicted octanol–water partition coefficient (Wildman–Crippen LogP) is 3.99. The fraction of sp³-hybridized carbons (Fsp3) is 0.292. The summed E-state index contributed by atoms with van der Waals surface area (Å²) in [6, 6.07) is 16.8. The number of methoxy groups -OCH3 is 1. The van der Waals surface area contributed by atoms with Gasteiger partial charge in [0.2, 0.25) is 0 Å². The van der Waals surface area contributed by atoms with E-state index in [1.807, 2.05) is 48.1 Å². The highest BCUT2D eigenvalue weighted by Gasteiger charge is 2.21. The molecule has 0 N–H and O–H groups in total. The van der Waals surface area contributed by atoms with Gasteiger partial charge in [0, 0.05) is 49.8 Å². The van der Waals surface area contributed by atoms with Crippen LogP contribution in [0.15, 0.2) is 60.9 Å². The molecule has 0 amide bonds. The highest BCUT2D eigenvalue weighted by atomic mass is 16.5. The second kappa shape index (κ2) is 7.97. The fourth-order valence-corrected chi connectivity index (χ4v) is 4.10. The normalized spacial score (nSPS) is 17.1. The Labute approximate surface area is 176 Å². The molecule has 0 radical (unpaired) electrons. The van der Waals surface area contributed by atoms with Gasteiger partial charge in [-0.05, 0) is 43.2 Å². The van der Waals surface area contributed by atoms with Gasteiger partial charge in [0.1, 0.15) is 0 Å². The number of aromatic nitrogens is 4. The maximum atomic E-state index is 5.47. The molecule has 1 fully saturated rings. The third-order valence-electron chi connectivity index (χ3n) is 5.77. The Hall–Kier alpha value is -3.09. The summed E-state index contributed by atoms with van der Waals surface area (Å²) < 4.78 is 7.39. The van der Waals surface area contributed by atoms with Gasteiger partial charge >= 0.3 is 0 Å². The summed E-state index contributed by atoms with van der Waals surface area (Å²) in [5.41, 5.74) is 7.19. The van der Waals surface area contributed by atoms with Crippen molar-refractivity contribution in [1.82, 2.24) is 24.5 Å². The van der Waals surface area contributed by atoms with E-state index in [0.717, 1.165) is 59.9 Å². The van der Waals surface area contributed by atoms with Crippen LogP contribution in [0.5, 0.6) is 0 Å². The first-order chi connectivity index (χ1) is 14.7. The van der Waals surface area contributed by atoms with E-state index in [4.69, 9.17) is 9.84 Å². The van der Waals surface area contributed by atoms with E-state index in [1.165, 1.54) is 5.56 Å². The SMILES string of the molecule is COC1CCN(Cc2ccc(-c3cnc4ccc(-c5ccnc(C)c5)nn34)cc2)C1. The largest absolute Gasteiger partial charge is 0.380 e. The Morgan fingerprint density at radius 3 is 2.67 bits per heavy atom. The quantitative estimate of drug-likeness (QED) is 0.508. The van der Waals surface area contributed by atoms with Gasteiger partial charge < -0.3 is 4.74 Å². The smallest absolute Gasteiger partial charge is 0.154 e. The Balaban J connectivity index is 1.41. The molecular weight excluding hydrogens is 374 g/mol. The molecular formula is C24H25N5O. The molecule has 152 valence electrons. The molecule has 30 heavy (non-hydrogen) atoms. The summed E-state index contributed by atoms with van der Waals surface area (Å²) in [4.78, 5) is 11.3. The number of ether oxygens (including phenoxy) is 1. The number of fused-ring (bicyclic) bond motifs is 1. The Morgan fingerprint density at radius 2 is 1.90 bits per heavy atom. The van der Waals surface area contributed by atoms with Crippen molar-refractivity contribution >= 4 is 5.65 Å². The van der Waals surface area contributed by atoms with E-state index in [9.17, 15) is 0 Å². The van der Waals surface area contributed by atoms with Crippen molar-refractivity contribution in [3.63, 3.8) is 0 Å². The lowest BCUT2D eigenvalue weighted by atomic mass is 10.1. The molecule has 5 rings (SSSR count). The minimum absolute atomic E-state index is 0.367. The number of hydrogen-bond acceptors (Lipinski definition) is 5. The number of rotatable bonds is 5. The van der Waals surface area contributed by atoms with Crippen LogP contribution in [0.2, 0.25) is 0 Å². The zero-order valence-corrected chi connectivity index (χ0v) is 17.3. The lowest BCUT2D eigenvalue weighted by Crippen LogP contribution is -2.22. The molecule has 1 aromatic carbocycles. The molecule has 1 atom stereocenters. The molecule has 6 nitrogen and oxygen atoms in total. The van der Waals surface area contributed by atoms with Crippen molar-refractivity contribution in [2.45, 2.75) is 26.0 Å². The van der Waals surface area contributed by atoms with Crippen molar-refractivity contribution in [3.8, 4) is 22.5 Å². The van der Waals surface area contributed by atoms with Gasteiger partial charge in [-0.3, -0.25) is 9.88 Å². The van der Waals surface area contributed by atoms with E-state index < -0.39 is 0 Å². The fourth-order valence-electron chi connectivity index (χ4n) is 4.10. The van der Waals surface area contributed by atoms with Gasteiger partial charge in [-0.2, -0.15) is 5.10 Å². The van der Waals surface area contributed by atoms with Crippen LogP contribution in [0.25, 0.3) is 28.2 Å². The monoisotopic (exact) mass is 399 g/mol. The van der Waals surface area contributed by atoms with Crippen LogP contribution in [-0.2, 0) is 11.3 Å². The first-order valence-corrected chi connectivity index (χ1v) is 10.3. The average molecular weight is 399 g/mol. The van der Waals surface area contributed by atoms with Gasteiger partial charge in [-0.15, -0.1) is 0 Å². The average Bonchev–Trinajstić information content (AvgIpc) is 3.40. The van der Waals surface area contributed by atoms with E-state index >= 15 is 0 Å². The summed E-state index contributed by atoms with van der Waals surface area (Å²) in [5.74, 6) is 0. The van der Waals surface area contributed by atoms with Gasteiger partial charge in [0.05, 0.1) is 23.7 Å². The first-order valence-electron chi connectivity index (χ1n) is 10.3. The molecule has 0 bridgehead atoms. The minimum Gasteiger partial charge on any atom is -0.380 e. The van der Waals surface area contributed by atoms with Crippen LogP contribution in [0, 0.1) is 6.92 Å². The maximum absolute atomic E-state index is 5.47. The van der Waals surface area contributed by atoms with Crippen molar-refractivity contribution in [2.75, 3.05) is 20.2 Å². The lowest BCUT2D eigenvalue weighted by Gasteiger charge is -2.15. The highest BCUT2D eigenvalue weighted by Crippen LogP contribution is 2.24. The topological polar surface area (TPSA) is 55.5 Å². The predicted molar refractivity (Wildman–Crippen MR) is 117 cm³/mol. The molecule has 0 aliphatic carbocycles. The maximum Gasteiger partial charge on any atom is 0.154 e. The second-order valence-corrected chi connectivity index (χ2v) is 7.90. The Kier molecular flexibility index (Phi) is 5.02. The minimum atomic E-state index is 0.367. The van der Waals surface area contributed by atoms with Crippen LogP contribution in [0.1, 0.15) is 17.7 Å². The van der Waals surface area contributed by atoms with Gasteiger partial charge in [-0.25, -0.2) is 9.50 Å². The molecule has 4 heterocycles. The number of pyridine rings is 1. The number of aryl methyl sites for hydroxylation is 1. The van der Waals surface area contributed by atoms with E-state index in [0.29, 0.717) is 6.10 Å².